The first kappa shape index (κ1) is 21.1. The number of hydrogen-bond acceptors (Lipinski definition) is 3. The molecule has 152 valence electrons. The van der Waals surface area contributed by atoms with E-state index in [9.17, 15) is 4.79 Å². The maximum absolute atomic E-state index is 13.3. The van der Waals surface area contributed by atoms with Crippen LogP contribution in [-0.4, -0.2) is 29.5 Å². The molecule has 1 unspecified atom stereocenters. The van der Waals surface area contributed by atoms with Gasteiger partial charge in [0, 0.05) is 23.9 Å². The highest BCUT2D eigenvalue weighted by molar-refractivity contribution is 7.80. The van der Waals surface area contributed by atoms with E-state index in [-0.39, 0.29) is 11.8 Å². The number of nitrogens with one attached hydrogen (secondary N) is 1. The molecule has 3 rings (SSSR count). The Kier molecular flexibility index (Phi) is 7.04. The normalized spacial score (nSPS) is 16.6. The van der Waals surface area contributed by atoms with Crippen molar-refractivity contribution in [1.82, 2.24) is 10.2 Å². The van der Waals surface area contributed by atoms with Crippen LogP contribution in [0, 0.1) is 0 Å². The molecule has 2 aromatic rings. The second-order valence-corrected chi connectivity index (χ2v) is 7.65. The predicted molar refractivity (Wildman–Crippen MR) is 121 cm³/mol. The Morgan fingerprint density at radius 1 is 1.10 bits per heavy atom. The van der Waals surface area contributed by atoms with Gasteiger partial charge in [0.25, 0.3) is 0 Å². The number of nitrogens with zero attached hydrogens (tertiary/aromatic N) is 1. The molecule has 4 nitrogen and oxygen atoms in total. The van der Waals surface area contributed by atoms with E-state index < -0.39 is 0 Å². The first-order valence-electron chi connectivity index (χ1n) is 10.1. The Morgan fingerprint density at radius 2 is 1.79 bits per heavy atom. The van der Waals surface area contributed by atoms with Gasteiger partial charge in [0.2, 0.25) is 0 Å². The second-order valence-electron chi connectivity index (χ2n) is 7.26. The maximum Gasteiger partial charge on any atom is 0.193 e. The van der Waals surface area contributed by atoms with Gasteiger partial charge in [-0.1, -0.05) is 62.2 Å². The maximum atomic E-state index is 13.3. The van der Waals surface area contributed by atoms with Crippen LogP contribution in [0.1, 0.15) is 55.1 Å². The van der Waals surface area contributed by atoms with E-state index in [4.69, 9.17) is 17.0 Å². The summed E-state index contributed by atoms with van der Waals surface area (Å²) in [5.74, 6) is 0.854. The number of carbonyl (C=O) groups is 1. The molecule has 1 N–H and O–H groups in total. The molecule has 0 aromatic heterocycles. The van der Waals surface area contributed by atoms with Crippen LogP contribution >= 0.6 is 12.2 Å². The van der Waals surface area contributed by atoms with E-state index in [0.29, 0.717) is 16.2 Å². The largest absolute Gasteiger partial charge is 0.494 e. The fraction of sp³-hybridized carbons (Fsp3) is 0.333. The molecule has 1 atom stereocenters. The smallest absolute Gasteiger partial charge is 0.193 e. The van der Waals surface area contributed by atoms with Crippen molar-refractivity contribution < 1.29 is 9.53 Å². The topological polar surface area (TPSA) is 41.6 Å². The number of rotatable bonds is 8. The van der Waals surface area contributed by atoms with Gasteiger partial charge in [-0.2, -0.15) is 0 Å². The monoisotopic (exact) mass is 408 g/mol. The van der Waals surface area contributed by atoms with Gasteiger partial charge in [-0.25, -0.2) is 0 Å². The fourth-order valence-electron chi connectivity index (χ4n) is 3.42. The minimum atomic E-state index is -0.291. The fourth-order valence-corrected chi connectivity index (χ4v) is 3.68. The Morgan fingerprint density at radius 3 is 2.45 bits per heavy atom. The molecule has 0 bridgehead atoms. The van der Waals surface area contributed by atoms with Crippen molar-refractivity contribution in [2.24, 2.45) is 0 Å². The SMILES string of the molecule is CCCCCOc1ccc(C2NC(=S)N(C)C(C)=C2C(=O)c2ccccc2)cc1. The molecule has 0 spiro atoms. The lowest BCUT2D eigenvalue weighted by atomic mass is 9.89. The van der Waals surface area contributed by atoms with Crippen LogP contribution in [0.2, 0.25) is 0 Å². The standard InChI is InChI=1S/C24H28N2O2S/c1-4-5-9-16-28-20-14-12-18(13-15-20)22-21(17(2)26(3)24(29)25-22)23(27)19-10-7-6-8-11-19/h6-8,10-15,22H,4-5,9,16H2,1-3H3,(H,25,29). The van der Waals surface area contributed by atoms with Crippen LogP contribution in [0.25, 0.3) is 0 Å². The van der Waals surface area contributed by atoms with Crippen LogP contribution in [-0.2, 0) is 0 Å². The Balaban J connectivity index is 1.87. The molecule has 1 aliphatic heterocycles. The summed E-state index contributed by atoms with van der Waals surface area (Å²) in [7, 11) is 1.88. The highest BCUT2D eigenvalue weighted by Gasteiger charge is 2.32. The van der Waals surface area contributed by atoms with Crippen LogP contribution < -0.4 is 10.1 Å². The van der Waals surface area contributed by atoms with E-state index >= 15 is 0 Å². The summed E-state index contributed by atoms with van der Waals surface area (Å²) in [6.45, 7) is 4.85. The minimum absolute atomic E-state index is 0.00911. The van der Waals surface area contributed by atoms with Crippen molar-refractivity contribution >= 4 is 23.1 Å². The van der Waals surface area contributed by atoms with Gasteiger partial charge in [-0.3, -0.25) is 4.79 Å². The number of allylic oxidation sites excluding steroid dienone is 1. The first-order chi connectivity index (χ1) is 14.0. The van der Waals surface area contributed by atoms with Crippen LogP contribution in [0.3, 0.4) is 0 Å². The molecule has 0 amide bonds. The number of thiocarbonyl (C=S) groups is 1. The van der Waals surface area contributed by atoms with E-state index in [1.807, 2.05) is 73.5 Å². The molecule has 1 aliphatic rings. The molecule has 0 fully saturated rings. The summed E-state index contributed by atoms with van der Waals surface area (Å²) >= 11 is 5.49. The van der Waals surface area contributed by atoms with Crippen molar-refractivity contribution in [3.8, 4) is 5.75 Å². The first-order valence-corrected chi connectivity index (χ1v) is 10.5. The number of ketones is 1. The van der Waals surface area contributed by atoms with Crippen LogP contribution in [0.5, 0.6) is 5.75 Å². The predicted octanol–water partition coefficient (Wildman–Crippen LogP) is 5.27. The van der Waals surface area contributed by atoms with E-state index in [1.165, 1.54) is 12.8 Å². The molecule has 0 aliphatic carbocycles. The molecular formula is C24H28N2O2S. The highest BCUT2D eigenvalue weighted by atomic mass is 32.1. The molecule has 1 heterocycles. The number of benzene rings is 2. The zero-order valence-electron chi connectivity index (χ0n) is 17.3. The lowest BCUT2D eigenvalue weighted by Gasteiger charge is -2.36. The Labute approximate surface area is 178 Å². The van der Waals surface area contributed by atoms with Crippen molar-refractivity contribution in [2.75, 3.05) is 13.7 Å². The lowest BCUT2D eigenvalue weighted by Crippen LogP contribution is -2.45. The zero-order chi connectivity index (χ0) is 20.8. The van der Waals surface area contributed by atoms with Gasteiger partial charge in [0.1, 0.15) is 5.75 Å². The highest BCUT2D eigenvalue weighted by Crippen LogP contribution is 2.33. The van der Waals surface area contributed by atoms with Crippen molar-refractivity contribution in [2.45, 2.75) is 39.2 Å². The number of Topliss-reactive ketones (excluding diaryl/α,β-unsaturated/α-hetero) is 1. The molecule has 0 saturated heterocycles. The van der Waals surface area contributed by atoms with Gasteiger partial charge in [-0.05, 0) is 43.3 Å². The molecule has 0 radical (unpaired) electrons. The summed E-state index contributed by atoms with van der Waals surface area (Å²) in [5, 5.41) is 3.94. The van der Waals surface area contributed by atoms with E-state index in [2.05, 4.69) is 12.2 Å². The number of ether oxygens (including phenoxy) is 1. The third kappa shape index (κ3) is 4.85. The minimum Gasteiger partial charge on any atom is -0.494 e. The average Bonchev–Trinajstić information content (AvgIpc) is 2.75. The summed E-state index contributed by atoms with van der Waals surface area (Å²) in [6, 6.07) is 17.0. The number of hydrogen-bond donors (Lipinski definition) is 1. The van der Waals surface area contributed by atoms with Crippen molar-refractivity contribution in [3.63, 3.8) is 0 Å². The third-order valence-electron chi connectivity index (χ3n) is 5.26. The van der Waals surface area contributed by atoms with Gasteiger partial charge >= 0.3 is 0 Å². The Hall–Kier alpha value is -2.66. The molecule has 5 heteroatoms. The van der Waals surface area contributed by atoms with Gasteiger partial charge in [0.15, 0.2) is 10.9 Å². The quantitative estimate of drug-likeness (QED) is 0.366. The summed E-state index contributed by atoms with van der Waals surface area (Å²) in [5.41, 5.74) is 3.24. The lowest BCUT2D eigenvalue weighted by molar-refractivity contribution is 0.102. The van der Waals surface area contributed by atoms with Gasteiger partial charge < -0.3 is 15.0 Å². The van der Waals surface area contributed by atoms with Crippen molar-refractivity contribution in [3.05, 3.63) is 77.0 Å². The van der Waals surface area contributed by atoms with Gasteiger partial charge in [-0.15, -0.1) is 0 Å². The number of carbonyl (C=O) groups excluding carboxylic acids is 1. The van der Waals surface area contributed by atoms with Crippen molar-refractivity contribution in [1.29, 1.82) is 0 Å². The summed E-state index contributed by atoms with van der Waals surface area (Å²) in [6.07, 6.45) is 3.40. The van der Waals surface area contributed by atoms with Crippen LogP contribution in [0.15, 0.2) is 65.9 Å². The second kappa shape index (κ2) is 9.70. The molecule has 29 heavy (non-hydrogen) atoms. The van der Waals surface area contributed by atoms with E-state index in [1.54, 1.807) is 0 Å². The zero-order valence-corrected chi connectivity index (χ0v) is 18.1. The summed E-state index contributed by atoms with van der Waals surface area (Å²) < 4.78 is 5.82. The number of unbranched alkanes of at least 4 members (excludes halogenated alkanes) is 2. The van der Waals surface area contributed by atoms with Crippen LogP contribution in [0.4, 0.5) is 0 Å². The van der Waals surface area contributed by atoms with Gasteiger partial charge in [0.05, 0.1) is 12.6 Å². The summed E-state index contributed by atoms with van der Waals surface area (Å²) in [4.78, 5) is 15.2. The molecule has 2 aromatic carbocycles. The molecular weight excluding hydrogens is 380 g/mol. The molecule has 0 saturated carbocycles. The van der Waals surface area contributed by atoms with E-state index in [0.717, 1.165) is 30.0 Å². The Bertz CT molecular complexity index is 891. The third-order valence-corrected chi connectivity index (χ3v) is 5.66. The average molecular weight is 409 g/mol.